The highest BCUT2D eigenvalue weighted by Gasteiger charge is 2.23. The van der Waals surface area contributed by atoms with Gasteiger partial charge in [0, 0.05) is 31.6 Å². The summed E-state index contributed by atoms with van der Waals surface area (Å²) in [6.45, 7) is 2.18. The first kappa shape index (κ1) is 19.3. The zero-order chi connectivity index (χ0) is 20.2. The quantitative estimate of drug-likeness (QED) is 0.599. The van der Waals surface area contributed by atoms with E-state index in [0.717, 1.165) is 11.1 Å². The first-order chi connectivity index (χ1) is 14.1. The molecular formula is C21H20ClN3O4. The van der Waals surface area contributed by atoms with Crippen molar-refractivity contribution in [3.63, 3.8) is 0 Å². The molecule has 0 aliphatic carbocycles. The Morgan fingerprint density at radius 1 is 1.03 bits per heavy atom. The van der Waals surface area contributed by atoms with Crippen LogP contribution in [0.2, 0.25) is 5.02 Å². The predicted octanol–water partition coefficient (Wildman–Crippen LogP) is 2.92. The number of ether oxygens (including phenoxy) is 1. The summed E-state index contributed by atoms with van der Waals surface area (Å²) >= 11 is 6.24. The predicted molar refractivity (Wildman–Crippen MR) is 109 cm³/mol. The smallest absolute Gasteiger partial charge is 0.312 e. The summed E-state index contributed by atoms with van der Waals surface area (Å²) in [6, 6.07) is 14.9. The van der Waals surface area contributed by atoms with Crippen LogP contribution in [0.25, 0.3) is 11.0 Å². The highest BCUT2D eigenvalue weighted by Crippen LogP contribution is 2.26. The second kappa shape index (κ2) is 8.53. The summed E-state index contributed by atoms with van der Waals surface area (Å²) in [6.07, 6.45) is -0.0371. The molecule has 0 spiro atoms. The monoisotopic (exact) mass is 413 g/mol. The molecule has 1 aliphatic heterocycles. The average Bonchev–Trinajstić information content (AvgIpc) is 3.15. The molecular weight excluding hydrogens is 394 g/mol. The van der Waals surface area contributed by atoms with Crippen LogP contribution in [0.3, 0.4) is 0 Å². The number of hydrogen-bond acceptors (Lipinski definition) is 6. The summed E-state index contributed by atoms with van der Waals surface area (Å²) in [7, 11) is 0. The van der Waals surface area contributed by atoms with E-state index in [1.807, 2.05) is 42.5 Å². The fraction of sp³-hybridized carbons (Fsp3) is 0.286. The first-order valence-corrected chi connectivity index (χ1v) is 9.76. The van der Waals surface area contributed by atoms with Gasteiger partial charge in [0.15, 0.2) is 12.2 Å². The SMILES string of the molecule is O=C(Cc1noc2ccccc12)OCC(=O)N1CCN(c2ccccc2Cl)CC1. The van der Waals surface area contributed by atoms with Crippen LogP contribution in [0, 0.1) is 0 Å². The van der Waals surface area contributed by atoms with Gasteiger partial charge in [0.05, 0.1) is 17.1 Å². The molecule has 29 heavy (non-hydrogen) atoms. The van der Waals surface area contributed by atoms with Gasteiger partial charge in [0.1, 0.15) is 5.69 Å². The fourth-order valence-electron chi connectivity index (χ4n) is 3.39. The van der Waals surface area contributed by atoms with Crippen molar-refractivity contribution in [2.24, 2.45) is 0 Å². The van der Waals surface area contributed by atoms with Gasteiger partial charge in [0.25, 0.3) is 5.91 Å². The zero-order valence-corrected chi connectivity index (χ0v) is 16.5. The maximum absolute atomic E-state index is 12.4. The molecule has 0 unspecified atom stereocenters. The standard InChI is InChI=1S/C21H20ClN3O4/c22-16-6-2-3-7-18(16)24-9-11-25(12-10-24)20(26)14-28-21(27)13-17-15-5-1-4-8-19(15)29-23-17/h1-8H,9-14H2. The molecule has 0 atom stereocenters. The lowest BCUT2D eigenvalue weighted by Gasteiger charge is -2.36. The molecule has 2 heterocycles. The molecule has 0 bridgehead atoms. The third-order valence-electron chi connectivity index (χ3n) is 4.95. The number of aromatic nitrogens is 1. The van der Waals surface area contributed by atoms with E-state index in [1.54, 1.807) is 11.0 Å². The van der Waals surface area contributed by atoms with Crippen molar-refractivity contribution in [2.75, 3.05) is 37.7 Å². The number of benzene rings is 2. The number of hydrogen-bond donors (Lipinski definition) is 0. The molecule has 1 aromatic heterocycles. The normalized spacial score (nSPS) is 14.2. The Labute approximate surface area is 172 Å². The van der Waals surface area contributed by atoms with Gasteiger partial charge in [-0.15, -0.1) is 0 Å². The molecule has 2 aromatic carbocycles. The minimum absolute atomic E-state index is 0.0371. The number of para-hydroxylation sites is 2. The topological polar surface area (TPSA) is 75.9 Å². The molecule has 3 aromatic rings. The number of rotatable bonds is 5. The van der Waals surface area contributed by atoms with Gasteiger partial charge in [-0.05, 0) is 24.3 Å². The molecule has 1 amide bonds. The minimum Gasteiger partial charge on any atom is -0.455 e. The Balaban J connectivity index is 1.26. The number of halogens is 1. The highest BCUT2D eigenvalue weighted by atomic mass is 35.5. The number of carbonyl (C=O) groups excluding carboxylic acids is 2. The van der Waals surface area contributed by atoms with Crippen molar-refractivity contribution in [3.05, 3.63) is 59.2 Å². The van der Waals surface area contributed by atoms with Crippen molar-refractivity contribution in [1.29, 1.82) is 0 Å². The molecule has 7 nitrogen and oxygen atoms in total. The fourth-order valence-corrected chi connectivity index (χ4v) is 3.65. The van der Waals surface area contributed by atoms with Crippen LogP contribution in [0.5, 0.6) is 0 Å². The van der Waals surface area contributed by atoms with E-state index in [-0.39, 0.29) is 18.9 Å². The maximum atomic E-state index is 12.4. The van der Waals surface area contributed by atoms with Gasteiger partial charge in [-0.2, -0.15) is 0 Å². The average molecular weight is 414 g/mol. The van der Waals surface area contributed by atoms with E-state index in [1.165, 1.54) is 0 Å². The van der Waals surface area contributed by atoms with Crippen LogP contribution in [0.1, 0.15) is 5.69 Å². The van der Waals surface area contributed by atoms with Gasteiger partial charge < -0.3 is 19.1 Å². The lowest BCUT2D eigenvalue weighted by Crippen LogP contribution is -2.50. The summed E-state index contributed by atoms with van der Waals surface area (Å²) < 4.78 is 10.3. The molecule has 150 valence electrons. The highest BCUT2D eigenvalue weighted by molar-refractivity contribution is 6.33. The Bertz CT molecular complexity index is 1030. The molecule has 4 rings (SSSR count). The van der Waals surface area contributed by atoms with Crippen LogP contribution < -0.4 is 4.90 Å². The molecule has 0 radical (unpaired) electrons. The number of fused-ring (bicyclic) bond motifs is 1. The van der Waals surface area contributed by atoms with E-state index in [9.17, 15) is 9.59 Å². The molecule has 0 N–H and O–H groups in total. The van der Waals surface area contributed by atoms with Crippen molar-refractivity contribution >= 4 is 40.1 Å². The lowest BCUT2D eigenvalue weighted by molar-refractivity contribution is -0.151. The van der Waals surface area contributed by atoms with Gasteiger partial charge in [-0.3, -0.25) is 9.59 Å². The number of amides is 1. The van der Waals surface area contributed by atoms with E-state index in [4.69, 9.17) is 20.9 Å². The van der Waals surface area contributed by atoms with Crippen LogP contribution in [-0.2, 0) is 20.7 Å². The molecule has 1 saturated heterocycles. The minimum atomic E-state index is -0.507. The molecule has 1 fully saturated rings. The molecule has 1 aliphatic rings. The third kappa shape index (κ3) is 4.35. The van der Waals surface area contributed by atoms with Crippen molar-refractivity contribution in [3.8, 4) is 0 Å². The lowest BCUT2D eigenvalue weighted by atomic mass is 10.2. The van der Waals surface area contributed by atoms with Gasteiger partial charge in [0.2, 0.25) is 0 Å². The Kier molecular flexibility index (Phi) is 5.67. The molecule has 8 heteroatoms. The zero-order valence-electron chi connectivity index (χ0n) is 15.7. The summed E-state index contributed by atoms with van der Waals surface area (Å²) in [5.74, 6) is -0.714. The van der Waals surface area contributed by atoms with Gasteiger partial charge in [-0.1, -0.05) is 41.0 Å². The summed E-state index contributed by atoms with van der Waals surface area (Å²) in [5, 5.41) is 5.37. The van der Waals surface area contributed by atoms with Gasteiger partial charge >= 0.3 is 5.97 Å². The largest absolute Gasteiger partial charge is 0.455 e. The van der Waals surface area contributed by atoms with Crippen molar-refractivity contribution < 1.29 is 18.8 Å². The first-order valence-electron chi connectivity index (χ1n) is 9.38. The number of esters is 1. The number of nitrogens with zero attached hydrogens (tertiary/aromatic N) is 3. The number of anilines is 1. The maximum Gasteiger partial charge on any atom is 0.312 e. The second-order valence-electron chi connectivity index (χ2n) is 6.78. The summed E-state index contributed by atoms with van der Waals surface area (Å²) in [4.78, 5) is 28.4. The Hall–Kier alpha value is -3.06. The van der Waals surface area contributed by atoms with Crippen LogP contribution in [0.4, 0.5) is 5.69 Å². The summed E-state index contributed by atoms with van der Waals surface area (Å²) in [5.41, 5.74) is 2.08. The molecule has 0 saturated carbocycles. The van der Waals surface area contributed by atoms with Crippen LogP contribution >= 0.6 is 11.6 Å². The third-order valence-corrected chi connectivity index (χ3v) is 5.27. The van der Waals surface area contributed by atoms with E-state index in [0.29, 0.717) is 42.5 Å². The van der Waals surface area contributed by atoms with Crippen LogP contribution in [0.15, 0.2) is 53.1 Å². The van der Waals surface area contributed by atoms with Crippen molar-refractivity contribution in [2.45, 2.75) is 6.42 Å². The van der Waals surface area contributed by atoms with E-state index in [2.05, 4.69) is 10.1 Å². The second-order valence-corrected chi connectivity index (χ2v) is 7.19. The Morgan fingerprint density at radius 3 is 2.55 bits per heavy atom. The van der Waals surface area contributed by atoms with Gasteiger partial charge in [-0.25, -0.2) is 0 Å². The number of carbonyl (C=O) groups is 2. The van der Waals surface area contributed by atoms with Crippen LogP contribution in [-0.4, -0.2) is 54.7 Å². The Morgan fingerprint density at radius 2 is 1.76 bits per heavy atom. The van der Waals surface area contributed by atoms with E-state index < -0.39 is 5.97 Å². The van der Waals surface area contributed by atoms with E-state index >= 15 is 0 Å². The van der Waals surface area contributed by atoms with Crippen molar-refractivity contribution in [1.82, 2.24) is 10.1 Å². The number of piperazine rings is 1.